The van der Waals surface area contributed by atoms with Crippen molar-refractivity contribution in [3.8, 4) is 101 Å². The summed E-state index contributed by atoms with van der Waals surface area (Å²) in [6.07, 6.45) is 3.60. The first-order valence-corrected chi connectivity index (χ1v) is 35.1. The maximum Gasteiger partial charge on any atom is 0.143 e. The van der Waals surface area contributed by atoms with Gasteiger partial charge in [-0.05, 0) is 179 Å². The Morgan fingerprint density at radius 1 is 0.192 bits per heavy atom. The summed E-state index contributed by atoms with van der Waals surface area (Å²) in [7, 11) is 0. The van der Waals surface area contributed by atoms with Gasteiger partial charge in [0.15, 0.2) is 0 Å². The Balaban J connectivity index is 0.000000139. The molecule has 0 unspecified atom stereocenters. The van der Waals surface area contributed by atoms with Crippen LogP contribution in [0.3, 0.4) is 0 Å². The molecule has 0 saturated carbocycles. The van der Waals surface area contributed by atoms with Crippen LogP contribution in [0.1, 0.15) is 0 Å². The number of aromatic nitrogens is 5. The van der Waals surface area contributed by atoms with Crippen LogP contribution in [-0.2, 0) is 0 Å². The van der Waals surface area contributed by atoms with Gasteiger partial charge in [-0.1, -0.05) is 255 Å². The van der Waals surface area contributed by atoms with Gasteiger partial charge >= 0.3 is 0 Å². The number of rotatable bonds is 9. The molecular formula is C97H59N5O2. The summed E-state index contributed by atoms with van der Waals surface area (Å²) < 4.78 is 13.4. The van der Waals surface area contributed by atoms with Crippen LogP contribution in [-0.4, -0.2) is 24.9 Å². The largest absolute Gasteiger partial charge is 0.455 e. The lowest BCUT2D eigenvalue weighted by molar-refractivity contribution is 0.672. The summed E-state index contributed by atoms with van der Waals surface area (Å²) in [6.45, 7) is 0. The van der Waals surface area contributed by atoms with E-state index in [1.807, 2.05) is 54.6 Å². The SMILES string of the molecule is c1ccc(-c2cc(-c3ccc(-c4cc5c(oc6cccc(-c7ccc8ccccc8c7)c65)c5ccccc45)cc3)cc(-c3ccccn3)n2)nc1.c1ccc(-c2ccc3ccc4ccc(-c5cccc(-c6cc7c(oc8cccc(-c9ccc%10ccccc%10c9)c87)c7ccccc67)c5)nc4c3n2)cc1. The molecule has 0 aliphatic carbocycles. The molecule has 7 heterocycles. The van der Waals surface area contributed by atoms with E-state index in [4.69, 9.17) is 23.8 Å². The second kappa shape index (κ2) is 25.0. The minimum Gasteiger partial charge on any atom is -0.455 e. The molecule has 0 bridgehead atoms. The van der Waals surface area contributed by atoms with Crippen LogP contribution < -0.4 is 0 Å². The van der Waals surface area contributed by atoms with Gasteiger partial charge in [-0.25, -0.2) is 15.0 Å². The second-order valence-electron chi connectivity index (χ2n) is 26.6. The number of furan rings is 2. The van der Waals surface area contributed by atoms with Gasteiger partial charge in [0, 0.05) is 66.6 Å². The summed E-state index contributed by atoms with van der Waals surface area (Å²) in [5.41, 5.74) is 24.1. The molecule has 0 N–H and O–H groups in total. The van der Waals surface area contributed by atoms with Crippen molar-refractivity contribution in [2.45, 2.75) is 0 Å². The van der Waals surface area contributed by atoms with E-state index in [9.17, 15) is 0 Å². The summed E-state index contributed by atoms with van der Waals surface area (Å²) >= 11 is 0. The molecule has 21 aromatic rings. The van der Waals surface area contributed by atoms with E-state index < -0.39 is 0 Å². The average molecular weight is 1330 g/mol. The minimum absolute atomic E-state index is 0.809. The minimum atomic E-state index is 0.809. The highest BCUT2D eigenvalue weighted by Gasteiger charge is 2.22. The van der Waals surface area contributed by atoms with E-state index in [1.165, 1.54) is 49.4 Å². The third-order valence-corrected chi connectivity index (χ3v) is 20.4. The smallest absolute Gasteiger partial charge is 0.143 e. The number of hydrogen-bond donors (Lipinski definition) is 0. The van der Waals surface area contributed by atoms with E-state index in [1.54, 1.807) is 12.4 Å². The third-order valence-electron chi connectivity index (χ3n) is 20.4. The number of hydrogen-bond acceptors (Lipinski definition) is 7. The maximum atomic E-state index is 6.70. The van der Waals surface area contributed by atoms with Gasteiger partial charge in [-0.3, -0.25) is 9.97 Å². The van der Waals surface area contributed by atoms with E-state index in [-0.39, 0.29) is 0 Å². The number of fused-ring (bicyclic) bond motifs is 15. The molecule has 484 valence electrons. The summed E-state index contributed by atoms with van der Waals surface area (Å²) in [5, 5.41) is 16.0. The first-order chi connectivity index (χ1) is 51.5. The Morgan fingerprint density at radius 3 is 1.14 bits per heavy atom. The highest BCUT2D eigenvalue weighted by atomic mass is 16.3. The zero-order valence-corrected chi connectivity index (χ0v) is 56.1. The molecular weight excluding hydrogens is 1270 g/mol. The van der Waals surface area contributed by atoms with Crippen LogP contribution >= 0.6 is 0 Å². The molecule has 0 aliphatic heterocycles. The van der Waals surface area contributed by atoms with Crippen molar-refractivity contribution in [3.05, 3.63) is 358 Å². The van der Waals surface area contributed by atoms with Gasteiger partial charge in [0.25, 0.3) is 0 Å². The Labute approximate surface area is 598 Å². The predicted molar refractivity (Wildman–Crippen MR) is 430 cm³/mol. The van der Waals surface area contributed by atoms with Crippen LogP contribution in [0.5, 0.6) is 0 Å². The molecule has 0 amide bonds. The Morgan fingerprint density at radius 2 is 0.606 bits per heavy atom. The summed E-state index contributed by atoms with van der Waals surface area (Å²) in [4.78, 5) is 24.5. The number of pyridine rings is 5. The monoisotopic (exact) mass is 1330 g/mol. The van der Waals surface area contributed by atoms with Gasteiger partial charge in [-0.15, -0.1) is 0 Å². The fourth-order valence-corrected chi connectivity index (χ4v) is 15.3. The molecule has 7 aromatic heterocycles. The molecule has 7 nitrogen and oxygen atoms in total. The summed E-state index contributed by atoms with van der Waals surface area (Å²) in [6, 6.07) is 122. The zero-order chi connectivity index (χ0) is 68.6. The van der Waals surface area contributed by atoms with Gasteiger partial charge < -0.3 is 8.83 Å². The fraction of sp³-hybridized carbons (Fsp3) is 0. The molecule has 0 radical (unpaired) electrons. The topological polar surface area (TPSA) is 90.7 Å². The average Bonchev–Trinajstić information content (AvgIpc) is 1.55. The quantitative estimate of drug-likeness (QED) is 0.133. The van der Waals surface area contributed by atoms with Crippen LogP contribution in [0, 0.1) is 0 Å². The lowest BCUT2D eigenvalue weighted by atomic mass is 9.92. The van der Waals surface area contributed by atoms with Crippen molar-refractivity contribution in [1.29, 1.82) is 0 Å². The standard InChI is InChI=1S/C50H30N2O.C47H29N3O/c1-2-11-32(12-3-1)44-26-24-33-21-22-34-25-27-45(52-49(34)48(33)51-44)38-15-8-14-36(29-38)42-30-43-47-39(37-23-20-31-10-4-5-13-35(31)28-37)18-9-19-46(47)53-50(43)41-17-7-6-16-40(41)42;1-2-11-33-26-34(23-20-30(33)10-1)36-14-9-17-45-46(36)40-29-39(37-12-3-4-13-38(37)47(40)51-45)32-21-18-31(19-22-32)35-27-43(41-15-5-7-24-48-41)50-44(28-35)42-16-6-8-25-49-42/h1-30H;1-29H. The van der Waals surface area contributed by atoms with Crippen LogP contribution in [0.4, 0.5) is 0 Å². The number of nitrogens with zero attached hydrogens (tertiary/aromatic N) is 5. The Hall–Kier alpha value is -14.0. The van der Waals surface area contributed by atoms with Crippen molar-refractivity contribution in [1.82, 2.24) is 24.9 Å². The van der Waals surface area contributed by atoms with Gasteiger partial charge in [-0.2, -0.15) is 0 Å². The second-order valence-corrected chi connectivity index (χ2v) is 26.6. The molecule has 104 heavy (non-hydrogen) atoms. The van der Waals surface area contributed by atoms with Crippen molar-refractivity contribution >= 4 is 109 Å². The molecule has 0 spiro atoms. The molecule has 0 saturated heterocycles. The molecule has 0 fully saturated rings. The molecule has 0 atom stereocenters. The molecule has 7 heteroatoms. The van der Waals surface area contributed by atoms with Crippen LogP contribution in [0.15, 0.2) is 367 Å². The van der Waals surface area contributed by atoms with Gasteiger partial charge in [0.05, 0.1) is 45.2 Å². The van der Waals surface area contributed by atoms with Crippen molar-refractivity contribution in [2.75, 3.05) is 0 Å². The Bertz CT molecular complexity index is 6910. The summed E-state index contributed by atoms with van der Waals surface area (Å²) in [5.74, 6) is 0. The molecule has 0 aliphatic rings. The Kier molecular flexibility index (Phi) is 14.4. The lowest BCUT2D eigenvalue weighted by Crippen LogP contribution is -1.94. The fourth-order valence-electron chi connectivity index (χ4n) is 15.3. The first-order valence-electron chi connectivity index (χ1n) is 35.1. The van der Waals surface area contributed by atoms with E-state index in [0.717, 1.165) is 160 Å². The van der Waals surface area contributed by atoms with Crippen molar-refractivity contribution < 1.29 is 8.83 Å². The van der Waals surface area contributed by atoms with Crippen LogP contribution in [0.2, 0.25) is 0 Å². The van der Waals surface area contributed by atoms with Gasteiger partial charge in [0.2, 0.25) is 0 Å². The van der Waals surface area contributed by atoms with E-state index in [2.05, 4.69) is 301 Å². The van der Waals surface area contributed by atoms with Crippen molar-refractivity contribution in [3.63, 3.8) is 0 Å². The maximum absolute atomic E-state index is 6.70. The normalized spacial score (nSPS) is 11.7. The van der Waals surface area contributed by atoms with E-state index >= 15 is 0 Å². The highest BCUT2D eigenvalue weighted by Crippen LogP contribution is 2.47. The lowest BCUT2D eigenvalue weighted by Gasteiger charge is -2.12. The third kappa shape index (κ3) is 10.6. The van der Waals surface area contributed by atoms with Crippen LogP contribution in [0.25, 0.3) is 210 Å². The first kappa shape index (κ1) is 60.0. The predicted octanol–water partition coefficient (Wildman–Crippen LogP) is 26.1. The highest BCUT2D eigenvalue weighted by molar-refractivity contribution is 6.24. The van der Waals surface area contributed by atoms with Gasteiger partial charge in [0.1, 0.15) is 22.3 Å². The molecule has 21 rings (SSSR count). The molecule has 14 aromatic carbocycles. The zero-order valence-electron chi connectivity index (χ0n) is 56.1. The number of benzene rings is 14. The van der Waals surface area contributed by atoms with Crippen molar-refractivity contribution in [2.24, 2.45) is 0 Å². The van der Waals surface area contributed by atoms with E-state index in [0.29, 0.717) is 0 Å².